The van der Waals surface area contributed by atoms with Crippen molar-refractivity contribution in [2.45, 2.75) is 46.1 Å². The van der Waals surface area contributed by atoms with E-state index in [0.29, 0.717) is 49.9 Å². The summed E-state index contributed by atoms with van der Waals surface area (Å²) in [5, 5.41) is 11.6. The molecule has 1 aromatic carbocycles. The van der Waals surface area contributed by atoms with E-state index < -0.39 is 17.7 Å². The van der Waals surface area contributed by atoms with Gasteiger partial charge >= 0.3 is 0 Å². The topological polar surface area (TPSA) is 96.6 Å². The summed E-state index contributed by atoms with van der Waals surface area (Å²) in [5.74, 6) is -0.829. The molecule has 0 radical (unpaired) electrons. The second-order valence-corrected chi connectivity index (χ2v) is 10.5. The number of ether oxygens (including phenoxy) is 2. The summed E-state index contributed by atoms with van der Waals surface area (Å²) >= 11 is 0. The zero-order valence-corrected chi connectivity index (χ0v) is 23.6. The van der Waals surface area contributed by atoms with Crippen molar-refractivity contribution in [1.29, 1.82) is 0 Å². The third kappa shape index (κ3) is 5.48. The molecule has 9 nitrogen and oxygen atoms in total. The predicted octanol–water partition coefficient (Wildman–Crippen LogP) is 4.27. The van der Waals surface area contributed by atoms with Crippen LogP contribution in [0.15, 0.2) is 48.2 Å². The smallest absolute Gasteiger partial charge is 0.295 e. The molecule has 1 atom stereocenters. The number of carbonyl (C=O) groups is 2. The number of imidazole rings is 1. The molecule has 0 saturated carbocycles. The number of ketones is 1. The number of likely N-dealkylation sites (tertiary alicyclic amines) is 1. The molecular weight excluding hydrogens is 508 g/mol. The van der Waals surface area contributed by atoms with Crippen molar-refractivity contribution < 1.29 is 24.2 Å². The molecule has 0 bridgehead atoms. The summed E-state index contributed by atoms with van der Waals surface area (Å²) in [6.07, 6.45) is 5.09. The highest BCUT2D eigenvalue weighted by atomic mass is 16.5. The van der Waals surface area contributed by atoms with Crippen molar-refractivity contribution in [3.63, 3.8) is 0 Å². The molecule has 40 heavy (non-hydrogen) atoms. The van der Waals surface area contributed by atoms with Crippen molar-refractivity contribution in [2.75, 3.05) is 46.0 Å². The SMILES string of the molecule is CCCCCOc1ccc(C2/C(=C(\O)c3nc4c(C)cccn4c3C)C(=O)C(=O)N2CCN2CCOCC2)cc1. The Morgan fingerprint density at radius 3 is 2.52 bits per heavy atom. The second kappa shape index (κ2) is 12.2. The number of amides is 1. The molecule has 0 aliphatic carbocycles. The van der Waals surface area contributed by atoms with E-state index in [1.807, 2.05) is 60.8 Å². The van der Waals surface area contributed by atoms with Crippen LogP contribution in [0, 0.1) is 13.8 Å². The van der Waals surface area contributed by atoms with Gasteiger partial charge in [-0.15, -0.1) is 0 Å². The Labute approximate surface area is 235 Å². The fourth-order valence-electron chi connectivity index (χ4n) is 5.49. The first-order valence-corrected chi connectivity index (χ1v) is 14.2. The zero-order chi connectivity index (χ0) is 28.2. The highest BCUT2D eigenvalue weighted by Gasteiger charge is 2.46. The molecule has 3 aromatic rings. The normalized spacial score (nSPS) is 19.6. The van der Waals surface area contributed by atoms with Crippen LogP contribution in [0.4, 0.5) is 0 Å². The minimum absolute atomic E-state index is 0.0627. The molecular formula is C31H38N4O5. The standard InChI is InChI=1S/C31H38N4O5/c1-4-5-6-18-40-24-11-9-23(10-12-24)27-25(28(36)26-22(3)34-13-7-8-21(2)30(34)32-26)29(37)31(38)35(27)15-14-33-16-19-39-20-17-33/h7-13,27,36H,4-6,14-20H2,1-3H3/b28-25+. The van der Waals surface area contributed by atoms with E-state index in [2.05, 4.69) is 16.8 Å². The number of aromatic nitrogens is 2. The van der Waals surface area contributed by atoms with Crippen molar-refractivity contribution in [2.24, 2.45) is 0 Å². The van der Waals surface area contributed by atoms with Gasteiger partial charge in [-0.05, 0) is 49.6 Å². The molecule has 2 saturated heterocycles. The first-order chi connectivity index (χ1) is 19.4. The van der Waals surface area contributed by atoms with E-state index in [1.165, 1.54) is 0 Å². The van der Waals surface area contributed by atoms with Gasteiger partial charge in [0.1, 0.15) is 17.1 Å². The van der Waals surface area contributed by atoms with Gasteiger partial charge in [-0.1, -0.05) is 38.0 Å². The van der Waals surface area contributed by atoms with Crippen molar-refractivity contribution in [3.8, 4) is 5.75 Å². The average molecular weight is 547 g/mol. The number of Topliss-reactive ketones (excluding diaryl/α,β-unsaturated/α-hetero) is 1. The quantitative estimate of drug-likeness (QED) is 0.176. The third-order valence-corrected chi connectivity index (χ3v) is 7.82. The summed E-state index contributed by atoms with van der Waals surface area (Å²) < 4.78 is 13.2. The number of rotatable bonds is 10. The highest BCUT2D eigenvalue weighted by molar-refractivity contribution is 6.46. The van der Waals surface area contributed by atoms with Gasteiger partial charge in [0.2, 0.25) is 0 Å². The van der Waals surface area contributed by atoms with Gasteiger partial charge in [-0.3, -0.25) is 14.5 Å². The lowest BCUT2D eigenvalue weighted by Gasteiger charge is -2.31. The molecule has 1 N–H and O–H groups in total. The number of morpholine rings is 1. The van der Waals surface area contributed by atoms with Crippen molar-refractivity contribution in [1.82, 2.24) is 19.2 Å². The predicted molar refractivity (Wildman–Crippen MR) is 152 cm³/mol. The Morgan fingerprint density at radius 1 is 1.07 bits per heavy atom. The second-order valence-electron chi connectivity index (χ2n) is 10.5. The molecule has 2 fully saturated rings. The molecule has 2 aromatic heterocycles. The molecule has 5 rings (SSSR count). The number of aliphatic hydroxyl groups excluding tert-OH is 1. The maximum absolute atomic E-state index is 13.5. The highest BCUT2D eigenvalue weighted by Crippen LogP contribution is 2.40. The van der Waals surface area contributed by atoms with Crippen LogP contribution in [0.3, 0.4) is 0 Å². The number of benzene rings is 1. The van der Waals surface area contributed by atoms with Crippen LogP contribution in [0.5, 0.6) is 5.75 Å². The van der Waals surface area contributed by atoms with Gasteiger partial charge in [0, 0.05) is 32.4 Å². The van der Waals surface area contributed by atoms with Gasteiger partial charge in [-0.25, -0.2) is 4.98 Å². The van der Waals surface area contributed by atoms with Gasteiger partial charge in [0.25, 0.3) is 11.7 Å². The van der Waals surface area contributed by atoms with Crippen molar-refractivity contribution >= 4 is 23.1 Å². The Morgan fingerprint density at radius 2 is 1.82 bits per heavy atom. The number of hydrogen-bond acceptors (Lipinski definition) is 7. The first-order valence-electron chi connectivity index (χ1n) is 14.2. The lowest BCUT2D eigenvalue weighted by molar-refractivity contribution is -0.140. The Kier molecular flexibility index (Phi) is 8.52. The summed E-state index contributed by atoms with van der Waals surface area (Å²) in [4.78, 5) is 35.4. The average Bonchev–Trinajstić information content (AvgIpc) is 3.44. The largest absolute Gasteiger partial charge is 0.505 e. The van der Waals surface area contributed by atoms with Crippen LogP contribution in [0.2, 0.25) is 0 Å². The third-order valence-electron chi connectivity index (χ3n) is 7.82. The minimum Gasteiger partial charge on any atom is -0.505 e. The fraction of sp³-hybridized carbons (Fsp3) is 0.452. The van der Waals surface area contributed by atoms with Gasteiger partial charge in [0.15, 0.2) is 5.76 Å². The van der Waals surface area contributed by atoms with E-state index >= 15 is 0 Å². The Bertz CT molecular complexity index is 1410. The Balaban J connectivity index is 1.52. The van der Waals surface area contributed by atoms with Crippen molar-refractivity contribution in [3.05, 3.63) is 70.7 Å². The number of pyridine rings is 1. The maximum Gasteiger partial charge on any atom is 0.295 e. The monoisotopic (exact) mass is 546 g/mol. The Hall–Kier alpha value is -3.69. The van der Waals surface area contributed by atoms with E-state index in [4.69, 9.17) is 9.47 Å². The van der Waals surface area contributed by atoms with E-state index in [1.54, 1.807) is 4.90 Å². The molecule has 1 unspecified atom stereocenters. The fourth-order valence-corrected chi connectivity index (χ4v) is 5.49. The number of carbonyl (C=O) groups excluding carboxylic acids is 2. The number of nitrogens with zero attached hydrogens (tertiary/aromatic N) is 4. The minimum atomic E-state index is -0.736. The zero-order valence-electron chi connectivity index (χ0n) is 23.6. The van der Waals surface area contributed by atoms with Crippen LogP contribution in [0.25, 0.3) is 11.4 Å². The van der Waals surface area contributed by atoms with Crippen LogP contribution in [-0.2, 0) is 14.3 Å². The van der Waals surface area contributed by atoms with Gasteiger partial charge in [0.05, 0.1) is 37.1 Å². The van der Waals surface area contributed by atoms with Gasteiger partial charge in [-0.2, -0.15) is 0 Å². The molecule has 2 aliphatic rings. The van der Waals surface area contributed by atoms with Crippen LogP contribution in [-0.4, -0.2) is 82.0 Å². The number of aliphatic hydroxyl groups is 1. The maximum atomic E-state index is 13.5. The molecule has 212 valence electrons. The van der Waals surface area contributed by atoms with E-state index in [0.717, 1.165) is 49.2 Å². The molecule has 4 heterocycles. The molecule has 9 heteroatoms. The summed E-state index contributed by atoms with van der Waals surface area (Å²) in [6.45, 7) is 10.4. The molecule has 2 aliphatic heterocycles. The first kappa shape index (κ1) is 27.9. The summed E-state index contributed by atoms with van der Waals surface area (Å²) in [6, 6.07) is 10.6. The summed E-state index contributed by atoms with van der Waals surface area (Å²) in [7, 11) is 0. The van der Waals surface area contributed by atoms with Crippen LogP contribution >= 0.6 is 0 Å². The van der Waals surface area contributed by atoms with E-state index in [9.17, 15) is 14.7 Å². The number of fused-ring (bicyclic) bond motifs is 1. The van der Waals surface area contributed by atoms with Crippen LogP contribution < -0.4 is 4.74 Å². The number of unbranched alkanes of at least 4 members (excludes halogenated alkanes) is 2. The lowest BCUT2D eigenvalue weighted by atomic mass is 9.96. The van der Waals surface area contributed by atoms with Gasteiger partial charge < -0.3 is 23.9 Å². The van der Waals surface area contributed by atoms with Crippen LogP contribution in [0.1, 0.15) is 54.7 Å². The van der Waals surface area contributed by atoms with E-state index in [-0.39, 0.29) is 11.3 Å². The molecule has 0 spiro atoms. The lowest BCUT2D eigenvalue weighted by Crippen LogP contribution is -2.42. The number of aryl methyl sites for hydroxylation is 2. The number of hydrogen-bond donors (Lipinski definition) is 1. The summed E-state index contributed by atoms with van der Waals surface area (Å²) in [5.41, 5.74) is 3.45. The molecule has 1 amide bonds.